The van der Waals surface area contributed by atoms with Gasteiger partial charge in [-0.3, -0.25) is 4.79 Å². The van der Waals surface area contributed by atoms with Crippen molar-refractivity contribution in [1.82, 2.24) is 14.5 Å². The second-order valence-corrected chi connectivity index (χ2v) is 5.01. The second-order valence-electron chi connectivity index (χ2n) is 5.01. The molecule has 0 saturated heterocycles. The Bertz CT molecular complexity index is 811. The maximum atomic E-state index is 11.0. The lowest BCUT2D eigenvalue weighted by Crippen LogP contribution is -2.05. The van der Waals surface area contributed by atoms with Gasteiger partial charge in [0.25, 0.3) is 0 Å². The summed E-state index contributed by atoms with van der Waals surface area (Å²) >= 11 is 0. The molecule has 2 aromatic heterocycles. The van der Waals surface area contributed by atoms with Crippen molar-refractivity contribution in [2.75, 3.05) is 5.32 Å². The normalized spacial score (nSPS) is 10.3. The Hall–Kier alpha value is -3.15. The Morgan fingerprint density at radius 3 is 2.48 bits per heavy atom. The Morgan fingerprint density at radius 2 is 1.83 bits per heavy atom. The summed E-state index contributed by atoms with van der Waals surface area (Å²) in [5.74, 6) is 2.36. The fourth-order valence-corrected chi connectivity index (χ4v) is 2.13. The maximum Gasteiger partial charge on any atom is 0.224 e. The van der Waals surface area contributed by atoms with Crippen molar-refractivity contribution >= 4 is 11.6 Å². The van der Waals surface area contributed by atoms with Gasteiger partial charge in [0.05, 0.1) is 0 Å². The molecule has 2 heterocycles. The SMILES string of the molecule is CC(=O)Nc1ccc(Oc2cc(-n3cccc3)nc(C)n2)cc1. The molecule has 116 valence electrons. The number of hydrogen-bond acceptors (Lipinski definition) is 4. The Morgan fingerprint density at radius 1 is 1.13 bits per heavy atom. The molecule has 3 aromatic rings. The zero-order chi connectivity index (χ0) is 16.2. The number of rotatable bonds is 4. The van der Waals surface area contributed by atoms with E-state index in [9.17, 15) is 4.79 Å². The predicted molar refractivity (Wildman–Crippen MR) is 86.9 cm³/mol. The Balaban J connectivity index is 1.81. The van der Waals surface area contributed by atoms with Crippen molar-refractivity contribution in [2.45, 2.75) is 13.8 Å². The van der Waals surface area contributed by atoms with Crippen LogP contribution in [0.25, 0.3) is 5.82 Å². The van der Waals surface area contributed by atoms with Crippen LogP contribution in [0.2, 0.25) is 0 Å². The minimum Gasteiger partial charge on any atom is -0.439 e. The van der Waals surface area contributed by atoms with Crippen LogP contribution < -0.4 is 10.1 Å². The van der Waals surface area contributed by atoms with E-state index in [2.05, 4.69) is 15.3 Å². The van der Waals surface area contributed by atoms with Crippen molar-refractivity contribution in [3.63, 3.8) is 0 Å². The van der Waals surface area contributed by atoms with Gasteiger partial charge >= 0.3 is 0 Å². The summed E-state index contributed by atoms with van der Waals surface area (Å²) in [4.78, 5) is 19.7. The van der Waals surface area contributed by atoms with Gasteiger partial charge in [0.2, 0.25) is 11.8 Å². The van der Waals surface area contributed by atoms with E-state index in [1.54, 1.807) is 30.3 Å². The summed E-state index contributed by atoms with van der Waals surface area (Å²) in [6, 6.07) is 12.7. The number of aromatic nitrogens is 3. The molecule has 1 aromatic carbocycles. The monoisotopic (exact) mass is 308 g/mol. The summed E-state index contributed by atoms with van der Waals surface area (Å²) in [5.41, 5.74) is 0.719. The minimum absolute atomic E-state index is 0.110. The molecule has 0 atom stereocenters. The van der Waals surface area contributed by atoms with Crippen molar-refractivity contribution < 1.29 is 9.53 Å². The zero-order valence-electron chi connectivity index (χ0n) is 12.9. The highest BCUT2D eigenvalue weighted by molar-refractivity contribution is 5.88. The molecule has 0 aliphatic rings. The molecule has 6 nitrogen and oxygen atoms in total. The van der Waals surface area contributed by atoms with Gasteiger partial charge in [0.15, 0.2) is 0 Å². The number of hydrogen-bond donors (Lipinski definition) is 1. The number of carbonyl (C=O) groups excluding carboxylic acids is 1. The first-order valence-electron chi connectivity index (χ1n) is 7.15. The fourth-order valence-electron chi connectivity index (χ4n) is 2.13. The fraction of sp³-hybridized carbons (Fsp3) is 0.118. The van der Waals surface area contributed by atoms with Crippen LogP contribution in [0.4, 0.5) is 5.69 Å². The number of carbonyl (C=O) groups is 1. The third kappa shape index (κ3) is 3.74. The van der Waals surface area contributed by atoms with E-state index in [1.807, 2.05) is 36.0 Å². The standard InChI is InChI=1S/C17H16N4O2/c1-12-18-16(21-9-3-4-10-21)11-17(19-12)23-15-7-5-14(6-8-15)20-13(2)22/h3-11H,1-2H3,(H,20,22). The van der Waals surface area contributed by atoms with E-state index < -0.39 is 0 Å². The minimum atomic E-state index is -0.110. The Labute approximate surface area is 133 Å². The molecule has 6 heteroatoms. The first-order chi connectivity index (χ1) is 11.1. The summed E-state index contributed by atoms with van der Waals surface area (Å²) in [7, 11) is 0. The lowest BCUT2D eigenvalue weighted by atomic mass is 10.3. The van der Waals surface area contributed by atoms with Crippen LogP contribution in [0.15, 0.2) is 54.9 Å². The van der Waals surface area contributed by atoms with Crippen LogP contribution in [-0.2, 0) is 4.79 Å². The highest BCUT2D eigenvalue weighted by Crippen LogP contribution is 2.23. The molecule has 0 radical (unpaired) electrons. The summed E-state index contributed by atoms with van der Waals surface area (Å²) in [5, 5.41) is 2.71. The molecule has 23 heavy (non-hydrogen) atoms. The summed E-state index contributed by atoms with van der Waals surface area (Å²) in [6.45, 7) is 3.29. The molecule has 0 unspecified atom stereocenters. The van der Waals surface area contributed by atoms with E-state index >= 15 is 0 Å². The van der Waals surface area contributed by atoms with Gasteiger partial charge in [-0.1, -0.05) is 0 Å². The topological polar surface area (TPSA) is 69.0 Å². The molecular weight excluding hydrogens is 292 g/mol. The van der Waals surface area contributed by atoms with Crippen LogP contribution >= 0.6 is 0 Å². The molecule has 0 aliphatic heterocycles. The molecule has 0 fully saturated rings. The van der Waals surface area contributed by atoms with Gasteiger partial charge in [-0.25, -0.2) is 4.98 Å². The first-order valence-corrected chi connectivity index (χ1v) is 7.15. The van der Waals surface area contributed by atoms with Crippen molar-refractivity contribution in [3.8, 4) is 17.4 Å². The zero-order valence-corrected chi connectivity index (χ0v) is 12.9. The van der Waals surface area contributed by atoms with Gasteiger partial charge in [-0.2, -0.15) is 4.98 Å². The third-order valence-corrected chi connectivity index (χ3v) is 3.07. The van der Waals surface area contributed by atoms with E-state index in [1.165, 1.54) is 6.92 Å². The van der Waals surface area contributed by atoms with Gasteiger partial charge in [0, 0.05) is 31.1 Å². The number of anilines is 1. The number of aryl methyl sites for hydroxylation is 1. The van der Waals surface area contributed by atoms with Crippen LogP contribution in [-0.4, -0.2) is 20.4 Å². The quantitative estimate of drug-likeness (QED) is 0.802. The van der Waals surface area contributed by atoms with E-state index in [-0.39, 0.29) is 5.91 Å². The van der Waals surface area contributed by atoms with Crippen LogP contribution in [0.1, 0.15) is 12.7 Å². The molecular formula is C17H16N4O2. The van der Waals surface area contributed by atoms with Gasteiger partial charge < -0.3 is 14.6 Å². The molecule has 1 amide bonds. The van der Waals surface area contributed by atoms with E-state index in [0.29, 0.717) is 17.5 Å². The molecule has 3 rings (SSSR count). The second kappa shape index (κ2) is 6.31. The van der Waals surface area contributed by atoms with E-state index in [4.69, 9.17) is 4.74 Å². The van der Waals surface area contributed by atoms with Gasteiger partial charge in [-0.15, -0.1) is 0 Å². The number of nitrogens with one attached hydrogen (secondary N) is 1. The average molecular weight is 308 g/mol. The predicted octanol–water partition coefficient (Wildman–Crippen LogP) is 3.33. The smallest absolute Gasteiger partial charge is 0.224 e. The van der Waals surface area contributed by atoms with Crippen LogP contribution in [0.5, 0.6) is 11.6 Å². The molecule has 0 spiro atoms. The third-order valence-electron chi connectivity index (χ3n) is 3.07. The number of nitrogens with zero attached hydrogens (tertiary/aromatic N) is 3. The van der Waals surface area contributed by atoms with Crippen molar-refractivity contribution in [2.24, 2.45) is 0 Å². The molecule has 0 aliphatic carbocycles. The summed E-state index contributed by atoms with van der Waals surface area (Å²) < 4.78 is 7.67. The van der Waals surface area contributed by atoms with Crippen molar-refractivity contribution in [3.05, 3.63) is 60.7 Å². The average Bonchev–Trinajstić information content (AvgIpc) is 3.02. The number of amides is 1. The van der Waals surface area contributed by atoms with E-state index in [0.717, 1.165) is 11.5 Å². The van der Waals surface area contributed by atoms with Crippen molar-refractivity contribution in [1.29, 1.82) is 0 Å². The first kappa shape index (κ1) is 14.8. The van der Waals surface area contributed by atoms with Gasteiger partial charge in [-0.05, 0) is 43.3 Å². The summed E-state index contributed by atoms with van der Waals surface area (Å²) in [6.07, 6.45) is 3.82. The molecule has 1 N–H and O–H groups in total. The molecule has 0 bridgehead atoms. The highest BCUT2D eigenvalue weighted by atomic mass is 16.5. The Kier molecular flexibility index (Phi) is 4.05. The number of benzene rings is 1. The van der Waals surface area contributed by atoms with Crippen LogP contribution in [0, 0.1) is 6.92 Å². The lowest BCUT2D eigenvalue weighted by Gasteiger charge is -2.09. The number of ether oxygens (including phenoxy) is 1. The molecule has 0 saturated carbocycles. The lowest BCUT2D eigenvalue weighted by molar-refractivity contribution is -0.114. The van der Waals surface area contributed by atoms with Gasteiger partial charge in [0.1, 0.15) is 17.4 Å². The van der Waals surface area contributed by atoms with Crippen LogP contribution in [0.3, 0.4) is 0 Å². The largest absolute Gasteiger partial charge is 0.439 e. The highest BCUT2D eigenvalue weighted by Gasteiger charge is 2.06. The maximum absolute atomic E-state index is 11.0.